The van der Waals surface area contributed by atoms with Gasteiger partial charge in [-0.25, -0.2) is 9.97 Å². The van der Waals surface area contributed by atoms with Crippen molar-refractivity contribution in [3.05, 3.63) is 41.9 Å². The number of hydrogen-bond donors (Lipinski definition) is 1. The average Bonchev–Trinajstić information content (AvgIpc) is 3.01. The van der Waals surface area contributed by atoms with Crippen molar-refractivity contribution in [1.82, 2.24) is 9.97 Å². The van der Waals surface area contributed by atoms with Crippen LogP contribution in [0.5, 0.6) is 5.75 Å². The molecule has 1 atom stereocenters. The Kier molecular flexibility index (Phi) is 4.53. The number of nitrogens with zero attached hydrogens (tertiary/aromatic N) is 2. The molecule has 1 saturated heterocycles. The maximum Gasteiger partial charge on any atom is 0.134 e. The van der Waals surface area contributed by atoms with E-state index in [-0.39, 0.29) is 6.10 Å². The van der Waals surface area contributed by atoms with Crippen molar-refractivity contribution < 1.29 is 9.47 Å². The van der Waals surface area contributed by atoms with Crippen molar-refractivity contribution in [1.29, 1.82) is 0 Å². The third-order valence-corrected chi connectivity index (χ3v) is 3.57. The smallest absolute Gasteiger partial charge is 0.134 e. The lowest BCUT2D eigenvalue weighted by molar-refractivity contribution is 0.141. The zero-order valence-electron chi connectivity index (χ0n) is 13.0. The zero-order chi connectivity index (χ0) is 15.4. The molecule has 116 valence electrons. The molecule has 0 bridgehead atoms. The van der Waals surface area contributed by atoms with Crippen LogP contribution in [0.4, 0.5) is 11.5 Å². The fraction of sp³-hybridized carbons (Fsp3) is 0.412. The van der Waals surface area contributed by atoms with Gasteiger partial charge in [-0.05, 0) is 37.6 Å². The highest BCUT2D eigenvalue weighted by Crippen LogP contribution is 2.22. The maximum absolute atomic E-state index is 5.86. The molecule has 1 aliphatic heterocycles. The minimum Gasteiger partial charge on any atom is -0.488 e. The first-order chi connectivity index (χ1) is 10.7. The van der Waals surface area contributed by atoms with Gasteiger partial charge in [0.15, 0.2) is 0 Å². The molecular formula is C17H21N3O2. The molecule has 0 saturated carbocycles. The van der Waals surface area contributed by atoms with Gasteiger partial charge in [0.1, 0.15) is 23.5 Å². The van der Waals surface area contributed by atoms with Gasteiger partial charge in [-0.3, -0.25) is 0 Å². The number of hydrogen-bond acceptors (Lipinski definition) is 5. The Morgan fingerprint density at radius 1 is 1.27 bits per heavy atom. The van der Waals surface area contributed by atoms with Gasteiger partial charge in [-0.1, -0.05) is 6.92 Å². The Morgan fingerprint density at radius 3 is 2.77 bits per heavy atom. The van der Waals surface area contributed by atoms with Crippen molar-refractivity contribution in [3.8, 4) is 5.75 Å². The van der Waals surface area contributed by atoms with Gasteiger partial charge in [0.2, 0.25) is 0 Å². The van der Waals surface area contributed by atoms with E-state index in [4.69, 9.17) is 9.47 Å². The van der Waals surface area contributed by atoms with E-state index >= 15 is 0 Å². The monoisotopic (exact) mass is 299 g/mol. The molecule has 5 nitrogen and oxygen atoms in total. The van der Waals surface area contributed by atoms with Crippen LogP contribution in [-0.2, 0) is 11.2 Å². The number of benzene rings is 1. The van der Waals surface area contributed by atoms with Crippen molar-refractivity contribution in [2.24, 2.45) is 0 Å². The standard InChI is InChI=1S/C17H21N3O2/c1-3-13-10-17(19-12(2)18-13)20-14-4-6-15(7-5-14)22-16-8-9-21-11-16/h4-7,10,16H,3,8-9,11H2,1-2H3,(H,18,19,20). The largest absolute Gasteiger partial charge is 0.488 e. The highest BCUT2D eigenvalue weighted by atomic mass is 16.5. The van der Waals surface area contributed by atoms with Crippen LogP contribution < -0.4 is 10.1 Å². The average molecular weight is 299 g/mol. The fourth-order valence-electron chi connectivity index (χ4n) is 2.44. The van der Waals surface area contributed by atoms with Crippen LogP contribution >= 0.6 is 0 Å². The topological polar surface area (TPSA) is 56.3 Å². The van der Waals surface area contributed by atoms with E-state index in [9.17, 15) is 0 Å². The summed E-state index contributed by atoms with van der Waals surface area (Å²) in [4.78, 5) is 8.80. The fourth-order valence-corrected chi connectivity index (χ4v) is 2.44. The van der Waals surface area contributed by atoms with Gasteiger partial charge >= 0.3 is 0 Å². The van der Waals surface area contributed by atoms with Gasteiger partial charge in [0, 0.05) is 23.9 Å². The number of ether oxygens (including phenoxy) is 2. The van der Waals surface area contributed by atoms with Crippen LogP contribution in [0.2, 0.25) is 0 Å². The Hall–Kier alpha value is -2.14. The number of aryl methyl sites for hydroxylation is 2. The second-order valence-electron chi connectivity index (χ2n) is 5.40. The first kappa shape index (κ1) is 14.8. The minimum atomic E-state index is 0.176. The molecule has 1 aliphatic rings. The molecular weight excluding hydrogens is 278 g/mol. The van der Waals surface area contributed by atoms with Crippen LogP contribution in [-0.4, -0.2) is 29.3 Å². The predicted molar refractivity (Wildman–Crippen MR) is 85.7 cm³/mol. The third-order valence-electron chi connectivity index (χ3n) is 3.57. The Balaban J connectivity index is 1.66. The first-order valence-corrected chi connectivity index (χ1v) is 7.69. The van der Waals surface area contributed by atoms with Crippen LogP contribution in [0.3, 0.4) is 0 Å². The molecule has 1 unspecified atom stereocenters. The molecule has 5 heteroatoms. The second-order valence-corrected chi connectivity index (χ2v) is 5.40. The Bertz CT molecular complexity index is 622. The Morgan fingerprint density at radius 2 is 2.09 bits per heavy atom. The molecule has 2 aromatic rings. The summed E-state index contributed by atoms with van der Waals surface area (Å²) in [5.74, 6) is 2.47. The van der Waals surface area contributed by atoms with Gasteiger partial charge < -0.3 is 14.8 Å². The lowest BCUT2D eigenvalue weighted by atomic mass is 10.2. The van der Waals surface area contributed by atoms with Crippen LogP contribution in [0, 0.1) is 6.92 Å². The van der Waals surface area contributed by atoms with E-state index in [0.717, 1.165) is 48.2 Å². The van der Waals surface area contributed by atoms with Crippen molar-refractivity contribution in [2.75, 3.05) is 18.5 Å². The van der Waals surface area contributed by atoms with Crippen LogP contribution in [0.25, 0.3) is 0 Å². The SMILES string of the molecule is CCc1cc(Nc2ccc(OC3CCOC3)cc2)nc(C)n1. The molecule has 0 spiro atoms. The quantitative estimate of drug-likeness (QED) is 0.918. The number of rotatable bonds is 5. The molecule has 3 rings (SSSR count). The molecule has 2 heterocycles. The molecule has 22 heavy (non-hydrogen) atoms. The summed E-state index contributed by atoms with van der Waals surface area (Å²) >= 11 is 0. The molecule has 1 aromatic carbocycles. The maximum atomic E-state index is 5.86. The molecule has 1 N–H and O–H groups in total. The van der Waals surface area contributed by atoms with E-state index in [1.54, 1.807) is 0 Å². The first-order valence-electron chi connectivity index (χ1n) is 7.69. The summed E-state index contributed by atoms with van der Waals surface area (Å²) in [6.07, 6.45) is 2.03. The van der Waals surface area contributed by atoms with E-state index in [2.05, 4.69) is 22.2 Å². The molecule has 1 aromatic heterocycles. The van der Waals surface area contributed by atoms with Crippen LogP contribution in [0.1, 0.15) is 24.9 Å². The van der Waals surface area contributed by atoms with Crippen LogP contribution in [0.15, 0.2) is 30.3 Å². The van der Waals surface area contributed by atoms with Crippen molar-refractivity contribution >= 4 is 11.5 Å². The number of aromatic nitrogens is 2. The van der Waals surface area contributed by atoms with Gasteiger partial charge in [-0.15, -0.1) is 0 Å². The van der Waals surface area contributed by atoms with Gasteiger partial charge in [0.25, 0.3) is 0 Å². The molecule has 0 radical (unpaired) electrons. The summed E-state index contributed by atoms with van der Waals surface area (Å²) in [5, 5.41) is 3.31. The summed E-state index contributed by atoms with van der Waals surface area (Å²) in [6.45, 7) is 5.46. The normalized spacial score (nSPS) is 17.5. The van der Waals surface area contributed by atoms with E-state index in [1.807, 2.05) is 37.3 Å². The highest BCUT2D eigenvalue weighted by molar-refractivity contribution is 5.57. The number of nitrogens with one attached hydrogen (secondary N) is 1. The predicted octanol–water partition coefficient (Wildman–Crippen LogP) is 3.26. The van der Waals surface area contributed by atoms with Crippen molar-refractivity contribution in [2.45, 2.75) is 32.8 Å². The summed E-state index contributed by atoms with van der Waals surface area (Å²) in [7, 11) is 0. The van der Waals surface area contributed by atoms with E-state index in [0.29, 0.717) is 6.61 Å². The molecule has 0 amide bonds. The van der Waals surface area contributed by atoms with E-state index < -0.39 is 0 Å². The summed E-state index contributed by atoms with van der Waals surface area (Å²) in [6, 6.07) is 9.90. The molecule has 0 aliphatic carbocycles. The van der Waals surface area contributed by atoms with E-state index in [1.165, 1.54) is 0 Å². The third kappa shape index (κ3) is 3.74. The lowest BCUT2D eigenvalue weighted by Crippen LogP contribution is -2.15. The lowest BCUT2D eigenvalue weighted by Gasteiger charge is -2.13. The molecule has 1 fully saturated rings. The van der Waals surface area contributed by atoms with Gasteiger partial charge in [-0.2, -0.15) is 0 Å². The zero-order valence-corrected chi connectivity index (χ0v) is 13.0. The summed E-state index contributed by atoms with van der Waals surface area (Å²) < 4.78 is 11.2. The summed E-state index contributed by atoms with van der Waals surface area (Å²) in [5.41, 5.74) is 2.02. The second kappa shape index (κ2) is 6.75. The van der Waals surface area contributed by atoms with Gasteiger partial charge in [0.05, 0.1) is 13.2 Å². The highest BCUT2D eigenvalue weighted by Gasteiger charge is 2.16. The minimum absolute atomic E-state index is 0.176. The Labute approximate surface area is 130 Å². The van der Waals surface area contributed by atoms with Crippen molar-refractivity contribution in [3.63, 3.8) is 0 Å². The number of anilines is 2.